The molecule has 0 spiro atoms. The number of hydrogen-bond acceptors (Lipinski definition) is 4. The molecule has 2 aromatic rings. The fourth-order valence-corrected chi connectivity index (χ4v) is 4.37. The van der Waals surface area contributed by atoms with E-state index in [-0.39, 0.29) is 0 Å². The van der Waals surface area contributed by atoms with E-state index in [1.165, 1.54) is 15.5 Å². The smallest absolute Gasteiger partial charge is 0.0850 e. The van der Waals surface area contributed by atoms with Crippen molar-refractivity contribution in [1.29, 1.82) is 0 Å². The van der Waals surface area contributed by atoms with Crippen LogP contribution in [0.25, 0.3) is 4.91 Å². The second-order valence-electron chi connectivity index (χ2n) is 5.21. The number of thiazole rings is 1. The van der Waals surface area contributed by atoms with E-state index in [4.69, 9.17) is 0 Å². The molecule has 1 aromatic carbocycles. The predicted octanol–water partition coefficient (Wildman–Crippen LogP) is 4.87. The Labute approximate surface area is 128 Å². The molecule has 20 heavy (non-hydrogen) atoms. The fraction of sp³-hybridized carbons (Fsp3) is 0.312. The molecule has 103 valence electrons. The van der Waals surface area contributed by atoms with Crippen LogP contribution in [0.4, 0.5) is 5.69 Å². The summed E-state index contributed by atoms with van der Waals surface area (Å²) in [7, 11) is 0. The molecule has 3 rings (SSSR count). The summed E-state index contributed by atoms with van der Waals surface area (Å²) in [5, 5.41) is 0.425. The average Bonchev–Trinajstić information content (AvgIpc) is 3.08. The highest BCUT2D eigenvalue weighted by molar-refractivity contribution is 8.09. The van der Waals surface area contributed by atoms with Crippen molar-refractivity contribution in [3.05, 3.63) is 53.1 Å². The molecule has 0 saturated heterocycles. The maximum atomic E-state index is 4.18. The van der Waals surface area contributed by atoms with Crippen molar-refractivity contribution in [1.82, 2.24) is 4.98 Å². The second-order valence-corrected chi connectivity index (χ2v) is 7.29. The first-order valence-corrected chi connectivity index (χ1v) is 8.53. The fourth-order valence-electron chi connectivity index (χ4n) is 2.21. The van der Waals surface area contributed by atoms with Crippen LogP contribution in [0.1, 0.15) is 25.1 Å². The van der Waals surface area contributed by atoms with Crippen LogP contribution in [0.15, 0.2) is 42.0 Å². The van der Waals surface area contributed by atoms with Crippen LogP contribution in [0.5, 0.6) is 0 Å². The molecular weight excluding hydrogens is 284 g/mol. The van der Waals surface area contributed by atoms with Gasteiger partial charge in [-0.1, -0.05) is 43.8 Å². The number of anilines is 1. The van der Waals surface area contributed by atoms with Gasteiger partial charge in [0.15, 0.2) is 0 Å². The van der Waals surface area contributed by atoms with Gasteiger partial charge in [0.25, 0.3) is 0 Å². The van der Waals surface area contributed by atoms with Crippen LogP contribution in [-0.4, -0.2) is 10.4 Å². The summed E-state index contributed by atoms with van der Waals surface area (Å²) in [6, 6.07) is 10.5. The van der Waals surface area contributed by atoms with Gasteiger partial charge >= 0.3 is 0 Å². The van der Waals surface area contributed by atoms with E-state index in [9.17, 15) is 0 Å². The molecule has 0 N–H and O–H groups in total. The number of benzene rings is 1. The first kappa shape index (κ1) is 13.7. The van der Waals surface area contributed by atoms with Gasteiger partial charge in [-0.05, 0) is 24.5 Å². The summed E-state index contributed by atoms with van der Waals surface area (Å²) >= 11 is 3.58. The Bertz CT molecular complexity index is 576. The quantitative estimate of drug-likeness (QED) is 0.801. The van der Waals surface area contributed by atoms with E-state index in [0.717, 1.165) is 6.42 Å². The molecule has 1 unspecified atom stereocenters. The van der Waals surface area contributed by atoms with Crippen LogP contribution < -0.4 is 4.90 Å². The summed E-state index contributed by atoms with van der Waals surface area (Å²) in [5.41, 5.74) is 3.10. The summed E-state index contributed by atoms with van der Waals surface area (Å²) in [6.45, 7) is 4.54. The summed E-state index contributed by atoms with van der Waals surface area (Å²) in [5.74, 6) is 0.668. The number of para-hydroxylation sites is 1. The minimum Gasteiger partial charge on any atom is -0.326 e. The van der Waals surface area contributed by atoms with Gasteiger partial charge in [0.2, 0.25) is 0 Å². The monoisotopic (exact) mass is 301 g/mol. The molecule has 0 saturated carbocycles. The minimum atomic E-state index is 0.425. The zero-order chi connectivity index (χ0) is 13.9. The Morgan fingerprint density at radius 2 is 2.10 bits per heavy atom. The largest absolute Gasteiger partial charge is 0.326 e. The number of rotatable bonds is 4. The lowest BCUT2D eigenvalue weighted by Crippen LogP contribution is -2.25. The van der Waals surface area contributed by atoms with E-state index >= 15 is 0 Å². The average molecular weight is 301 g/mol. The Morgan fingerprint density at radius 1 is 1.30 bits per heavy atom. The van der Waals surface area contributed by atoms with Crippen molar-refractivity contribution >= 4 is 33.7 Å². The minimum absolute atomic E-state index is 0.425. The molecule has 4 heteroatoms. The van der Waals surface area contributed by atoms with Gasteiger partial charge in [0.1, 0.15) is 0 Å². The molecular formula is C16H17N2S2. The summed E-state index contributed by atoms with van der Waals surface area (Å²) in [6.07, 6.45) is 6.63. The molecule has 1 radical (unpaired) electrons. The van der Waals surface area contributed by atoms with Crippen molar-refractivity contribution in [3.8, 4) is 0 Å². The van der Waals surface area contributed by atoms with E-state index in [1.54, 1.807) is 11.3 Å². The standard InChI is InChI=1S/C16H17N2S2/c1-12(2)8-16-18(13-6-4-3-5-7-13)10-15(20-16)14-9-17-11-19-14/h3-7,9,11-12,16H,8H2,1-2H3. The number of nitrogens with zero attached hydrogens (tertiary/aromatic N) is 2. The highest BCUT2D eigenvalue weighted by atomic mass is 32.2. The molecule has 0 aliphatic carbocycles. The van der Waals surface area contributed by atoms with Gasteiger partial charge < -0.3 is 4.90 Å². The molecule has 2 nitrogen and oxygen atoms in total. The molecule has 1 aliphatic heterocycles. The highest BCUT2D eigenvalue weighted by Gasteiger charge is 2.29. The molecule has 0 bridgehead atoms. The normalized spacial score (nSPS) is 18.6. The van der Waals surface area contributed by atoms with Crippen LogP contribution >= 0.6 is 23.1 Å². The Morgan fingerprint density at radius 3 is 2.75 bits per heavy atom. The molecule has 1 aliphatic rings. The van der Waals surface area contributed by atoms with E-state index in [2.05, 4.69) is 60.3 Å². The third-order valence-corrected chi connectivity index (χ3v) is 5.27. The highest BCUT2D eigenvalue weighted by Crippen LogP contribution is 2.44. The summed E-state index contributed by atoms with van der Waals surface area (Å²) < 4.78 is 0. The zero-order valence-electron chi connectivity index (χ0n) is 11.6. The van der Waals surface area contributed by atoms with E-state index in [0.29, 0.717) is 11.3 Å². The number of thioether (sulfide) groups is 1. The van der Waals surface area contributed by atoms with E-state index < -0.39 is 0 Å². The van der Waals surface area contributed by atoms with Crippen LogP contribution in [-0.2, 0) is 0 Å². The van der Waals surface area contributed by atoms with Crippen molar-refractivity contribution in [2.45, 2.75) is 25.6 Å². The van der Waals surface area contributed by atoms with Crippen molar-refractivity contribution < 1.29 is 0 Å². The molecule has 0 amide bonds. The van der Waals surface area contributed by atoms with Gasteiger partial charge in [0.05, 0.1) is 26.9 Å². The number of aromatic nitrogens is 1. The molecule has 1 aromatic heterocycles. The van der Waals surface area contributed by atoms with Gasteiger partial charge in [-0.3, -0.25) is 4.98 Å². The van der Waals surface area contributed by atoms with Gasteiger partial charge in [0, 0.05) is 11.9 Å². The van der Waals surface area contributed by atoms with Crippen LogP contribution in [0, 0.1) is 12.1 Å². The van der Waals surface area contributed by atoms with Gasteiger partial charge in [-0.2, -0.15) is 0 Å². The Kier molecular flexibility index (Phi) is 4.13. The lowest BCUT2D eigenvalue weighted by molar-refractivity contribution is 0.570. The van der Waals surface area contributed by atoms with Crippen molar-refractivity contribution in [2.75, 3.05) is 4.90 Å². The third-order valence-electron chi connectivity index (χ3n) is 3.13. The molecule has 0 fully saturated rings. The van der Waals surface area contributed by atoms with Gasteiger partial charge in [-0.25, -0.2) is 0 Å². The maximum Gasteiger partial charge on any atom is 0.0850 e. The predicted molar refractivity (Wildman–Crippen MR) is 88.5 cm³/mol. The van der Waals surface area contributed by atoms with E-state index in [1.807, 2.05) is 23.5 Å². The summed E-state index contributed by atoms with van der Waals surface area (Å²) in [4.78, 5) is 8.87. The first-order chi connectivity index (χ1) is 9.74. The Balaban J connectivity index is 1.90. The second kappa shape index (κ2) is 6.02. The number of hydrogen-bond donors (Lipinski definition) is 0. The van der Waals surface area contributed by atoms with Crippen LogP contribution in [0.2, 0.25) is 0 Å². The lowest BCUT2D eigenvalue weighted by atomic mass is 10.1. The zero-order valence-corrected chi connectivity index (χ0v) is 13.2. The van der Waals surface area contributed by atoms with Crippen LogP contribution in [0.3, 0.4) is 0 Å². The molecule has 2 heterocycles. The van der Waals surface area contributed by atoms with Crippen molar-refractivity contribution in [3.63, 3.8) is 0 Å². The SMILES string of the molecule is CC(C)CC1SC(c2cncs2)=[C]N1c1ccccc1. The topological polar surface area (TPSA) is 16.1 Å². The maximum absolute atomic E-state index is 4.18. The third kappa shape index (κ3) is 2.91. The first-order valence-electron chi connectivity index (χ1n) is 6.77. The Hall–Kier alpha value is -1.26. The van der Waals surface area contributed by atoms with Gasteiger partial charge in [-0.15, -0.1) is 11.3 Å². The lowest BCUT2D eigenvalue weighted by Gasteiger charge is -2.25. The van der Waals surface area contributed by atoms with Crippen molar-refractivity contribution in [2.24, 2.45) is 5.92 Å². The molecule has 1 atom stereocenters.